The molecule has 0 aromatic heterocycles. The van der Waals surface area contributed by atoms with Gasteiger partial charge in [-0.05, 0) is 41.2 Å². The Bertz CT molecular complexity index is 1700. The first kappa shape index (κ1) is 47.1. The van der Waals surface area contributed by atoms with Gasteiger partial charge in [-0.2, -0.15) is 0 Å². The van der Waals surface area contributed by atoms with Crippen molar-refractivity contribution in [3.05, 3.63) is 83.9 Å². The number of ether oxygens (including phenoxy) is 3. The van der Waals surface area contributed by atoms with Gasteiger partial charge in [0.1, 0.15) is 24.8 Å². The molecule has 4 rings (SSSR count). The minimum absolute atomic E-state index is 0. The van der Waals surface area contributed by atoms with Crippen LogP contribution in [0.4, 0.5) is 4.79 Å². The molecule has 0 spiro atoms. The molecule has 15 nitrogen and oxygen atoms in total. The second-order valence-electron chi connectivity index (χ2n) is 12.6. The van der Waals surface area contributed by atoms with Gasteiger partial charge in [-0.15, -0.1) is 0 Å². The fourth-order valence-corrected chi connectivity index (χ4v) is 5.97. The molecule has 280 valence electrons. The summed E-state index contributed by atoms with van der Waals surface area (Å²) >= 11 is 0. The average molecular weight is 768 g/mol. The Morgan fingerprint density at radius 1 is 0.889 bits per heavy atom. The van der Waals surface area contributed by atoms with E-state index in [0.29, 0.717) is 17.5 Å². The van der Waals surface area contributed by atoms with Crippen molar-refractivity contribution in [2.75, 3.05) is 13.2 Å². The smallest absolute Gasteiger partial charge is 0.550 e. The van der Waals surface area contributed by atoms with E-state index in [0.717, 1.165) is 17.7 Å². The number of carbonyl (C=O) groups excluding carboxylic acids is 5. The summed E-state index contributed by atoms with van der Waals surface area (Å²) in [6.45, 7) is 0.266. The molecule has 1 saturated heterocycles. The van der Waals surface area contributed by atoms with Crippen molar-refractivity contribution in [3.63, 3.8) is 0 Å². The molecule has 3 aromatic carbocycles. The molecule has 1 fully saturated rings. The van der Waals surface area contributed by atoms with E-state index >= 15 is 0 Å². The van der Waals surface area contributed by atoms with Crippen molar-refractivity contribution in [1.82, 2.24) is 16.0 Å². The Morgan fingerprint density at radius 2 is 1.57 bits per heavy atom. The molecule has 17 heteroatoms. The van der Waals surface area contributed by atoms with Crippen LogP contribution in [0.5, 0.6) is 0 Å². The van der Waals surface area contributed by atoms with E-state index in [1.54, 1.807) is 36.4 Å². The van der Waals surface area contributed by atoms with Gasteiger partial charge >= 0.3 is 65.2 Å². The molecule has 6 atom stereocenters. The first-order valence-electron chi connectivity index (χ1n) is 16.9. The monoisotopic (exact) mass is 767 g/mol. The standard InChI is InChI=1S/C37H45N3O12.2Na/c1-23(41)39-32-28(40-36(49)50-22-24-10-4-2-5-11-24)20-37(35(47)48,51-17-9-3-6-14-31(44)45)52-34(32)33(46)29(42)21-38-30(43)19-25-15-16-26-12-7-8-13-27(26)18-25;;/h2,4-5,7-8,10-13,15-16,18,28-29,32-34,42,46H,3,6,9,14,17,19-22H2,1H3,(H,38,43)(H,39,41)(H,40,49)(H,44,45)(H,47,48);;/q;2*+1/p-2/t28-,29+,32+,33+,34+,37+;;/m0../s1. The van der Waals surface area contributed by atoms with Gasteiger partial charge in [0, 0.05) is 25.9 Å². The average Bonchev–Trinajstić information content (AvgIpc) is 3.11. The Labute approximate surface area is 357 Å². The number of aliphatic hydroxyl groups excluding tert-OH is 2. The van der Waals surface area contributed by atoms with Gasteiger partial charge in [0.2, 0.25) is 17.6 Å². The van der Waals surface area contributed by atoms with Gasteiger partial charge in [-0.3, -0.25) is 9.59 Å². The van der Waals surface area contributed by atoms with Gasteiger partial charge in [0.25, 0.3) is 0 Å². The number of nitrogens with one attached hydrogen (secondary N) is 3. The summed E-state index contributed by atoms with van der Waals surface area (Å²) in [5.41, 5.74) is 1.37. The number of carboxylic acids is 2. The van der Waals surface area contributed by atoms with Crippen molar-refractivity contribution >= 4 is 40.6 Å². The summed E-state index contributed by atoms with van der Waals surface area (Å²) < 4.78 is 16.8. The van der Waals surface area contributed by atoms with Crippen LogP contribution in [0.3, 0.4) is 0 Å². The number of amides is 3. The summed E-state index contributed by atoms with van der Waals surface area (Å²) in [7, 11) is 0. The summed E-state index contributed by atoms with van der Waals surface area (Å²) in [5.74, 6) is -6.83. The molecular weight excluding hydrogens is 724 g/mol. The predicted molar refractivity (Wildman–Crippen MR) is 180 cm³/mol. The van der Waals surface area contributed by atoms with Crippen LogP contribution in [0.2, 0.25) is 0 Å². The number of hydrogen-bond donors (Lipinski definition) is 5. The van der Waals surface area contributed by atoms with Gasteiger partial charge in [0.05, 0.1) is 31.2 Å². The van der Waals surface area contributed by atoms with Crippen LogP contribution in [0.25, 0.3) is 10.8 Å². The molecule has 5 N–H and O–H groups in total. The number of aliphatic hydroxyl groups is 2. The maximum absolute atomic E-state index is 13.0. The van der Waals surface area contributed by atoms with E-state index in [-0.39, 0.29) is 98.0 Å². The molecule has 0 saturated carbocycles. The van der Waals surface area contributed by atoms with Gasteiger partial charge in [0.15, 0.2) is 0 Å². The Hall–Kier alpha value is -3.09. The van der Waals surface area contributed by atoms with Crippen molar-refractivity contribution in [2.24, 2.45) is 0 Å². The second kappa shape index (κ2) is 23.1. The quantitative estimate of drug-likeness (QED) is 0.0601. The van der Waals surface area contributed by atoms with Crippen LogP contribution in [-0.4, -0.2) is 89.4 Å². The SMILES string of the molecule is CC(=O)N[C@H]1[C@H]([C@H](O)[C@H](O)CNC(=O)Cc2ccc3ccccc3c2)O[C@@](OCCCCCC(=O)[O-])(C(=O)[O-])C[C@@H]1NC(=O)OCc1ccccc1.[Na+].[Na+]. The molecule has 0 radical (unpaired) electrons. The van der Waals surface area contributed by atoms with E-state index < -0.39 is 79.0 Å². The molecule has 1 aliphatic rings. The fourth-order valence-electron chi connectivity index (χ4n) is 5.97. The molecule has 54 heavy (non-hydrogen) atoms. The van der Waals surface area contributed by atoms with E-state index in [4.69, 9.17) is 14.2 Å². The predicted octanol–water partition coefficient (Wildman–Crippen LogP) is -6.41. The van der Waals surface area contributed by atoms with E-state index in [9.17, 15) is 44.4 Å². The molecule has 1 heterocycles. The van der Waals surface area contributed by atoms with Crippen molar-refractivity contribution in [2.45, 2.75) is 88.2 Å². The maximum Gasteiger partial charge on any atom is 1.00 e. The molecule has 3 aromatic rings. The van der Waals surface area contributed by atoms with Crippen LogP contribution >= 0.6 is 0 Å². The molecular formula is C37H43N3Na2O12. The zero-order chi connectivity index (χ0) is 37.7. The van der Waals surface area contributed by atoms with Crippen LogP contribution in [-0.2, 0) is 46.4 Å². The summed E-state index contributed by atoms with van der Waals surface area (Å²) in [4.78, 5) is 61.6. The first-order chi connectivity index (χ1) is 24.9. The number of aliphatic carboxylic acids is 2. The molecule has 1 aliphatic heterocycles. The molecule has 3 amide bonds. The van der Waals surface area contributed by atoms with Gasteiger partial charge < -0.3 is 60.2 Å². The summed E-state index contributed by atoms with van der Waals surface area (Å²) in [5, 5.41) is 55.5. The van der Waals surface area contributed by atoms with E-state index in [1.807, 2.05) is 36.4 Å². The Kier molecular flexibility index (Phi) is 20.1. The van der Waals surface area contributed by atoms with Crippen LogP contribution in [0.1, 0.15) is 50.2 Å². The van der Waals surface area contributed by atoms with Crippen LogP contribution < -0.4 is 85.3 Å². The van der Waals surface area contributed by atoms with E-state index in [2.05, 4.69) is 16.0 Å². The normalized spacial score (nSPS) is 20.2. The third-order valence-corrected chi connectivity index (χ3v) is 8.58. The first-order valence-corrected chi connectivity index (χ1v) is 16.9. The number of benzene rings is 3. The number of carbonyl (C=O) groups is 5. The second-order valence-corrected chi connectivity index (χ2v) is 12.6. The number of rotatable bonds is 18. The van der Waals surface area contributed by atoms with Crippen LogP contribution in [0.15, 0.2) is 72.8 Å². The Morgan fingerprint density at radius 3 is 2.24 bits per heavy atom. The van der Waals surface area contributed by atoms with Gasteiger partial charge in [-0.25, -0.2) is 4.79 Å². The molecule has 0 aliphatic carbocycles. The van der Waals surface area contributed by atoms with Crippen molar-refractivity contribution < 1.29 is 118 Å². The topological polar surface area (TPSA) is 236 Å². The zero-order valence-corrected chi connectivity index (χ0v) is 34.7. The van der Waals surface area contributed by atoms with E-state index in [1.165, 1.54) is 0 Å². The fraction of sp³-hybridized carbons (Fsp3) is 0.432. The molecule has 0 bridgehead atoms. The molecule has 0 unspecified atom stereocenters. The van der Waals surface area contributed by atoms with Crippen molar-refractivity contribution in [3.8, 4) is 0 Å². The van der Waals surface area contributed by atoms with Crippen LogP contribution in [0, 0.1) is 0 Å². The number of hydrogen-bond acceptors (Lipinski definition) is 12. The number of unbranched alkanes of at least 4 members (excludes halogenated alkanes) is 2. The maximum atomic E-state index is 13.0. The Balaban J connectivity index is 0.00000504. The third kappa shape index (κ3) is 14.2. The minimum atomic E-state index is -2.61. The number of carboxylic acid groups (broad SMARTS) is 2. The summed E-state index contributed by atoms with van der Waals surface area (Å²) in [6, 6.07) is 19.2. The minimum Gasteiger partial charge on any atom is -0.550 e. The van der Waals surface area contributed by atoms with Gasteiger partial charge in [-0.1, -0.05) is 79.2 Å². The summed E-state index contributed by atoms with van der Waals surface area (Å²) in [6.07, 6.45) is -6.51. The van der Waals surface area contributed by atoms with Crippen molar-refractivity contribution in [1.29, 1.82) is 0 Å². The zero-order valence-electron chi connectivity index (χ0n) is 30.7. The number of fused-ring (bicyclic) bond motifs is 1. The largest absolute Gasteiger partial charge is 1.00 e. The number of alkyl carbamates (subject to hydrolysis) is 1. The third-order valence-electron chi connectivity index (χ3n) is 8.58.